The molecule has 8 heteroatoms. The van der Waals surface area contributed by atoms with Gasteiger partial charge in [0.05, 0.1) is 17.9 Å². The molecule has 0 aromatic carbocycles. The van der Waals surface area contributed by atoms with Gasteiger partial charge in [-0.05, 0) is 12.8 Å². The molecule has 0 radical (unpaired) electrons. The van der Waals surface area contributed by atoms with Gasteiger partial charge < -0.3 is 15.5 Å². The van der Waals surface area contributed by atoms with Gasteiger partial charge in [0.15, 0.2) is 0 Å². The van der Waals surface area contributed by atoms with E-state index in [1.807, 2.05) is 0 Å². The van der Waals surface area contributed by atoms with Crippen molar-refractivity contribution in [3.8, 4) is 0 Å². The van der Waals surface area contributed by atoms with Crippen LogP contribution in [0.5, 0.6) is 0 Å². The summed E-state index contributed by atoms with van der Waals surface area (Å²) in [6.07, 6.45) is 14.5. The normalized spacial score (nSPS) is 14.8. The summed E-state index contributed by atoms with van der Waals surface area (Å²) in [5, 5.41) is 23.0. The van der Waals surface area contributed by atoms with Crippen LogP contribution in [0.15, 0.2) is 0 Å². The Labute approximate surface area is 196 Å². The van der Waals surface area contributed by atoms with Crippen LogP contribution in [0.4, 0.5) is 0 Å². The summed E-state index contributed by atoms with van der Waals surface area (Å²) in [4.78, 5) is 12.3. The molecule has 1 amide bonds. The van der Waals surface area contributed by atoms with Crippen molar-refractivity contribution >= 4 is 16.0 Å². The van der Waals surface area contributed by atoms with E-state index >= 15 is 0 Å². The van der Waals surface area contributed by atoms with E-state index in [4.69, 9.17) is 0 Å². The molecule has 0 spiro atoms. The van der Waals surface area contributed by atoms with Gasteiger partial charge in [-0.3, -0.25) is 9.35 Å². The Morgan fingerprint density at radius 3 is 1.56 bits per heavy atom. The maximum atomic E-state index is 12.3. The van der Waals surface area contributed by atoms with Crippen LogP contribution in [-0.2, 0) is 14.9 Å². The Bertz CT molecular complexity index is 555. The van der Waals surface area contributed by atoms with Gasteiger partial charge in [-0.15, -0.1) is 0 Å². The van der Waals surface area contributed by atoms with E-state index in [0.29, 0.717) is 25.7 Å². The number of hydrogen-bond acceptors (Lipinski definition) is 5. The van der Waals surface area contributed by atoms with Gasteiger partial charge in [0, 0.05) is 0 Å². The van der Waals surface area contributed by atoms with Crippen LogP contribution < -0.4 is 5.32 Å². The number of rotatable bonds is 22. The molecular weight excluding hydrogens is 430 g/mol. The predicted octanol–water partition coefficient (Wildman–Crippen LogP) is 4.75. The minimum Gasteiger partial charge on any atom is -0.391 e. The fraction of sp³-hybridized carbons (Fsp3) is 0.958. The van der Waals surface area contributed by atoms with Crippen molar-refractivity contribution in [1.82, 2.24) is 5.32 Å². The molecular formula is C24H49NO6S. The lowest BCUT2D eigenvalue weighted by Gasteiger charge is -2.24. The maximum Gasteiger partial charge on any atom is 0.266 e. The number of carbonyl (C=O) groups is 1. The van der Waals surface area contributed by atoms with Crippen molar-refractivity contribution < 1.29 is 28.0 Å². The quantitative estimate of drug-likeness (QED) is 0.131. The van der Waals surface area contributed by atoms with E-state index in [1.54, 1.807) is 0 Å². The summed E-state index contributed by atoms with van der Waals surface area (Å²) in [5.41, 5.74) is 0. The average molecular weight is 480 g/mol. The van der Waals surface area contributed by atoms with E-state index in [-0.39, 0.29) is 0 Å². The second kappa shape index (κ2) is 19.7. The van der Waals surface area contributed by atoms with E-state index < -0.39 is 40.0 Å². The van der Waals surface area contributed by atoms with Gasteiger partial charge >= 0.3 is 0 Å². The van der Waals surface area contributed by atoms with Crippen molar-refractivity contribution in [3.63, 3.8) is 0 Å². The van der Waals surface area contributed by atoms with E-state index in [0.717, 1.165) is 38.5 Å². The number of aliphatic hydroxyl groups excluding tert-OH is 2. The number of unbranched alkanes of at least 4 members (excludes halogenated alkanes) is 13. The number of carbonyl (C=O) groups excluding carboxylic acids is 1. The Hall–Kier alpha value is -0.700. The minimum absolute atomic E-state index is 0.299. The first kappa shape index (κ1) is 31.3. The first-order valence-electron chi connectivity index (χ1n) is 12.8. The number of nitrogens with one attached hydrogen (secondary N) is 1. The minimum atomic E-state index is -4.38. The molecule has 0 aliphatic rings. The molecule has 0 bridgehead atoms. The highest BCUT2D eigenvalue weighted by atomic mass is 32.2. The Kier molecular flexibility index (Phi) is 19.3. The second-order valence-electron chi connectivity index (χ2n) is 9.12. The third kappa shape index (κ3) is 18.8. The maximum absolute atomic E-state index is 12.3. The average Bonchev–Trinajstić information content (AvgIpc) is 2.73. The zero-order valence-corrected chi connectivity index (χ0v) is 21.3. The van der Waals surface area contributed by atoms with Crippen LogP contribution in [0.2, 0.25) is 0 Å². The van der Waals surface area contributed by atoms with Crippen molar-refractivity contribution in [2.24, 2.45) is 0 Å². The Morgan fingerprint density at radius 2 is 1.12 bits per heavy atom. The summed E-state index contributed by atoms with van der Waals surface area (Å²) < 4.78 is 31.9. The predicted molar refractivity (Wildman–Crippen MR) is 130 cm³/mol. The van der Waals surface area contributed by atoms with Crippen molar-refractivity contribution in [2.75, 3.05) is 5.75 Å². The van der Waals surface area contributed by atoms with Crippen molar-refractivity contribution in [1.29, 1.82) is 0 Å². The van der Waals surface area contributed by atoms with Crippen LogP contribution in [0.25, 0.3) is 0 Å². The molecule has 0 heterocycles. The molecule has 4 N–H and O–H groups in total. The molecule has 32 heavy (non-hydrogen) atoms. The topological polar surface area (TPSA) is 124 Å². The Balaban J connectivity index is 4.32. The molecule has 0 saturated carbocycles. The highest BCUT2D eigenvalue weighted by molar-refractivity contribution is 7.85. The number of hydrogen-bond donors (Lipinski definition) is 4. The van der Waals surface area contributed by atoms with Crippen LogP contribution in [0, 0.1) is 0 Å². The molecule has 0 fully saturated rings. The van der Waals surface area contributed by atoms with E-state index in [2.05, 4.69) is 19.2 Å². The SMILES string of the molecule is CCCCCCCCCCC(O)C(=O)NC(CS(=O)(=O)O)C(O)CCCCCCCCC. The van der Waals surface area contributed by atoms with Gasteiger partial charge in [-0.1, -0.05) is 110 Å². The first-order chi connectivity index (χ1) is 15.2. The summed E-state index contributed by atoms with van der Waals surface area (Å²) in [6, 6.07) is -1.13. The van der Waals surface area contributed by atoms with Crippen LogP contribution in [0.1, 0.15) is 123 Å². The molecule has 7 nitrogen and oxygen atoms in total. The lowest BCUT2D eigenvalue weighted by atomic mass is 10.0. The standard InChI is InChI=1S/C24H49NO6S/c1-3-5-7-9-11-13-15-17-19-23(27)24(28)25-21(20-32(29,30)31)22(26)18-16-14-12-10-8-6-4-2/h21-23,26-27H,3-20H2,1-2H3,(H,25,28)(H,29,30,31). The number of amides is 1. The highest BCUT2D eigenvalue weighted by Gasteiger charge is 2.28. The monoisotopic (exact) mass is 479 g/mol. The van der Waals surface area contributed by atoms with Gasteiger partial charge in [-0.2, -0.15) is 8.42 Å². The molecule has 3 atom stereocenters. The molecule has 192 valence electrons. The van der Waals surface area contributed by atoms with Gasteiger partial charge in [0.1, 0.15) is 6.10 Å². The molecule has 0 aliphatic heterocycles. The third-order valence-corrected chi connectivity index (χ3v) is 6.70. The van der Waals surface area contributed by atoms with Crippen molar-refractivity contribution in [3.05, 3.63) is 0 Å². The first-order valence-corrected chi connectivity index (χ1v) is 14.4. The number of aliphatic hydroxyl groups is 2. The zero-order chi connectivity index (χ0) is 24.2. The summed E-state index contributed by atoms with van der Waals surface area (Å²) >= 11 is 0. The van der Waals surface area contributed by atoms with Crippen LogP contribution in [0.3, 0.4) is 0 Å². The molecule has 0 aliphatic carbocycles. The Morgan fingerprint density at radius 1 is 0.719 bits per heavy atom. The fourth-order valence-electron chi connectivity index (χ4n) is 3.87. The lowest BCUT2D eigenvalue weighted by Crippen LogP contribution is -2.50. The van der Waals surface area contributed by atoms with Gasteiger partial charge in [0.25, 0.3) is 10.1 Å². The molecule has 0 rings (SSSR count). The summed E-state index contributed by atoms with van der Waals surface area (Å²) in [7, 11) is -4.38. The summed E-state index contributed by atoms with van der Waals surface area (Å²) in [6.45, 7) is 4.34. The van der Waals surface area contributed by atoms with Gasteiger partial charge in [-0.25, -0.2) is 0 Å². The van der Waals surface area contributed by atoms with Gasteiger partial charge in [0.2, 0.25) is 5.91 Å². The largest absolute Gasteiger partial charge is 0.391 e. The van der Waals surface area contributed by atoms with E-state index in [1.165, 1.54) is 44.9 Å². The molecule has 0 aromatic rings. The smallest absolute Gasteiger partial charge is 0.266 e. The lowest BCUT2D eigenvalue weighted by molar-refractivity contribution is -0.131. The molecule has 0 aromatic heterocycles. The van der Waals surface area contributed by atoms with Crippen LogP contribution in [-0.4, -0.2) is 53.1 Å². The van der Waals surface area contributed by atoms with E-state index in [9.17, 15) is 28.0 Å². The summed E-state index contributed by atoms with van der Waals surface area (Å²) in [5.74, 6) is -1.46. The third-order valence-electron chi connectivity index (χ3n) is 5.92. The second-order valence-corrected chi connectivity index (χ2v) is 10.6. The highest BCUT2D eigenvalue weighted by Crippen LogP contribution is 2.14. The molecule has 3 unspecified atom stereocenters. The van der Waals surface area contributed by atoms with Crippen molar-refractivity contribution in [2.45, 2.75) is 141 Å². The fourth-order valence-corrected chi connectivity index (χ4v) is 4.63. The molecule has 0 saturated heterocycles. The van der Waals surface area contributed by atoms with Crippen LogP contribution >= 0.6 is 0 Å². The zero-order valence-electron chi connectivity index (χ0n) is 20.4.